The summed E-state index contributed by atoms with van der Waals surface area (Å²) in [5, 5.41) is 8.62. The Hall–Kier alpha value is -4.11. The predicted octanol–water partition coefficient (Wildman–Crippen LogP) is 4.80. The van der Waals surface area contributed by atoms with Crippen LogP contribution in [0.1, 0.15) is 45.7 Å². The molecule has 0 radical (unpaired) electrons. The number of carbonyl (C=O) groups is 3. The molecule has 0 aromatic heterocycles. The lowest BCUT2D eigenvalue weighted by molar-refractivity contribution is -0.145. The second-order valence-electron chi connectivity index (χ2n) is 12.0. The van der Waals surface area contributed by atoms with Crippen molar-refractivity contribution in [3.05, 3.63) is 77.9 Å². The van der Waals surface area contributed by atoms with Crippen LogP contribution >= 0.6 is 0 Å². The van der Waals surface area contributed by atoms with Gasteiger partial charge in [-0.15, -0.1) is 0 Å². The fourth-order valence-corrected chi connectivity index (χ4v) is 5.09. The van der Waals surface area contributed by atoms with Gasteiger partial charge >= 0.3 is 6.09 Å². The largest absolute Gasteiger partial charge is 0.444 e. The summed E-state index contributed by atoms with van der Waals surface area (Å²) in [5.74, 6) is -0.348. The zero-order valence-electron chi connectivity index (χ0n) is 25.6. The Balaban J connectivity index is 1.45. The molecule has 1 N–H and O–H groups in total. The molecule has 3 aromatic carbocycles. The Morgan fingerprint density at radius 3 is 2.17 bits per heavy atom. The third kappa shape index (κ3) is 7.79. The molecule has 1 aliphatic rings. The van der Waals surface area contributed by atoms with Gasteiger partial charge in [0.05, 0.1) is 13.1 Å². The molecule has 3 aromatic rings. The van der Waals surface area contributed by atoms with Crippen molar-refractivity contribution >= 4 is 34.4 Å². The Morgan fingerprint density at radius 2 is 1.52 bits per heavy atom. The van der Waals surface area contributed by atoms with E-state index in [0.29, 0.717) is 19.6 Å². The molecule has 9 nitrogen and oxygen atoms in total. The monoisotopic (exact) mass is 573 g/mol. The lowest BCUT2D eigenvalue weighted by Gasteiger charge is -2.32. The number of hydrogen-bond acceptors (Lipinski definition) is 6. The summed E-state index contributed by atoms with van der Waals surface area (Å²) in [6, 6.07) is 22.0. The minimum absolute atomic E-state index is 0.0120. The van der Waals surface area contributed by atoms with Crippen LogP contribution in [0.4, 0.5) is 10.5 Å². The molecule has 0 bridgehead atoms. The van der Waals surface area contributed by atoms with E-state index in [1.807, 2.05) is 99.1 Å². The lowest BCUT2D eigenvalue weighted by Crippen LogP contribution is -2.49. The summed E-state index contributed by atoms with van der Waals surface area (Å²) in [5.41, 5.74) is 2.63. The van der Waals surface area contributed by atoms with Crippen molar-refractivity contribution < 1.29 is 19.1 Å². The zero-order valence-corrected chi connectivity index (χ0v) is 25.6. The number of anilines is 1. The van der Waals surface area contributed by atoms with Crippen molar-refractivity contribution in [2.45, 2.75) is 59.4 Å². The van der Waals surface area contributed by atoms with Crippen molar-refractivity contribution in [3.63, 3.8) is 0 Å². The number of nitrogens with one attached hydrogen (secondary N) is 1. The van der Waals surface area contributed by atoms with E-state index in [9.17, 15) is 14.4 Å². The van der Waals surface area contributed by atoms with Gasteiger partial charge in [-0.1, -0.05) is 60.7 Å². The van der Waals surface area contributed by atoms with E-state index in [4.69, 9.17) is 4.74 Å². The van der Waals surface area contributed by atoms with E-state index in [1.54, 1.807) is 17.0 Å². The number of fused-ring (bicyclic) bond motifs is 2. The van der Waals surface area contributed by atoms with Crippen LogP contribution in [0.3, 0.4) is 0 Å². The predicted molar refractivity (Wildman–Crippen MR) is 166 cm³/mol. The topological polar surface area (TPSA) is 85.4 Å². The summed E-state index contributed by atoms with van der Waals surface area (Å²) in [6.07, 6.45) is -0.415. The molecule has 1 heterocycles. The normalized spacial score (nSPS) is 13.1. The first-order chi connectivity index (χ1) is 19.9. The van der Waals surface area contributed by atoms with Crippen LogP contribution in [0.15, 0.2) is 66.7 Å². The Kier molecular flexibility index (Phi) is 9.73. The molecule has 0 aliphatic carbocycles. The fourth-order valence-electron chi connectivity index (χ4n) is 5.09. The molecular formula is C33H43N5O4. The molecule has 0 saturated carbocycles. The smallest absolute Gasteiger partial charge is 0.410 e. The van der Waals surface area contributed by atoms with Crippen molar-refractivity contribution in [2.24, 2.45) is 0 Å². The number of hydrazine groups is 1. The highest BCUT2D eigenvalue weighted by atomic mass is 16.6. The first kappa shape index (κ1) is 30.8. The number of rotatable bonds is 10. The summed E-state index contributed by atoms with van der Waals surface area (Å²) >= 11 is 0. The standard InChI is InChI=1S/C33H43N5O4/c1-24(2)38(32(41)42-33(3,4)5)19-18-34-30(39)22-36(29-17-11-15-25-12-9-10-16-28(25)29)23-31(40)35(6)37-20-26-13-7-8-14-27(26)21-37/h7-17,24H,18-23H2,1-6H3,(H,34,39). The maximum absolute atomic E-state index is 13.6. The highest BCUT2D eigenvalue weighted by Gasteiger charge is 2.28. The third-order valence-electron chi connectivity index (χ3n) is 7.30. The van der Waals surface area contributed by atoms with Crippen LogP contribution in [-0.4, -0.2) is 77.7 Å². The van der Waals surface area contributed by atoms with Gasteiger partial charge in [-0.05, 0) is 57.2 Å². The first-order valence-electron chi connectivity index (χ1n) is 14.5. The van der Waals surface area contributed by atoms with E-state index in [-0.39, 0.29) is 37.5 Å². The Labute approximate surface area is 249 Å². The maximum Gasteiger partial charge on any atom is 0.410 e. The van der Waals surface area contributed by atoms with Crippen LogP contribution in [0.25, 0.3) is 10.8 Å². The van der Waals surface area contributed by atoms with Crippen molar-refractivity contribution in [2.75, 3.05) is 38.1 Å². The number of carbonyl (C=O) groups excluding carboxylic acids is 3. The van der Waals surface area contributed by atoms with Gasteiger partial charge in [0.1, 0.15) is 5.60 Å². The van der Waals surface area contributed by atoms with Gasteiger partial charge in [-0.2, -0.15) is 0 Å². The highest BCUT2D eigenvalue weighted by Crippen LogP contribution is 2.28. The molecule has 3 amide bonds. The van der Waals surface area contributed by atoms with E-state index in [0.717, 1.165) is 16.5 Å². The van der Waals surface area contributed by atoms with Crippen LogP contribution < -0.4 is 10.2 Å². The van der Waals surface area contributed by atoms with E-state index in [1.165, 1.54) is 11.1 Å². The molecule has 42 heavy (non-hydrogen) atoms. The van der Waals surface area contributed by atoms with Gasteiger partial charge in [0.15, 0.2) is 0 Å². The van der Waals surface area contributed by atoms with E-state index >= 15 is 0 Å². The van der Waals surface area contributed by atoms with Crippen molar-refractivity contribution in [1.82, 2.24) is 20.2 Å². The molecule has 0 fully saturated rings. The second kappa shape index (κ2) is 13.2. The Bertz CT molecular complexity index is 1390. The molecule has 0 saturated heterocycles. The molecule has 9 heteroatoms. The van der Waals surface area contributed by atoms with Gasteiger partial charge in [0.25, 0.3) is 5.91 Å². The quantitative estimate of drug-likeness (QED) is 0.375. The maximum atomic E-state index is 13.6. The van der Waals surface area contributed by atoms with E-state index in [2.05, 4.69) is 17.4 Å². The molecule has 0 atom stereocenters. The lowest BCUT2D eigenvalue weighted by atomic mass is 10.1. The van der Waals surface area contributed by atoms with Crippen molar-refractivity contribution in [3.8, 4) is 0 Å². The second-order valence-corrected chi connectivity index (χ2v) is 12.0. The van der Waals surface area contributed by atoms with E-state index < -0.39 is 11.7 Å². The summed E-state index contributed by atoms with van der Waals surface area (Å²) in [4.78, 5) is 42.9. The minimum atomic E-state index is -0.607. The van der Waals surface area contributed by atoms with Gasteiger partial charge in [-0.3, -0.25) is 14.6 Å². The minimum Gasteiger partial charge on any atom is -0.444 e. The number of benzene rings is 3. The number of nitrogens with zero attached hydrogens (tertiary/aromatic N) is 4. The molecule has 0 spiro atoms. The molecular weight excluding hydrogens is 530 g/mol. The Morgan fingerprint density at radius 1 is 0.905 bits per heavy atom. The van der Waals surface area contributed by atoms with Crippen LogP contribution in [-0.2, 0) is 27.4 Å². The van der Waals surface area contributed by atoms with Crippen LogP contribution in [0.5, 0.6) is 0 Å². The third-order valence-corrected chi connectivity index (χ3v) is 7.30. The molecule has 4 rings (SSSR count). The number of amides is 3. The molecule has 224 valence electrons. The summed E-state index contributed by atoms with van der Waals surface area (Å²) in [6.45, 7) is 11.2. The summed E-state index contributed by atoms with van der Waals surface area (Å²) < 4.78 is 5.53. The summed E-state index contributed by atoms with van der Waals surface area (Å²) in [7, 11) is 1.78. The number of likely N-dealkylation sites (N-methyl/N-ethyl adjacent to an activating group) is 1. The van der Waals surface area contributed by atoms with Crippen molar-refractivity contribution in [1.29, 1.82) is 0 Å². The average molecular weight is 574 g/mol. The molecule has 0 unspecified atom stereocenters. The fraction of sp³-hybridized carbons (Fsp3) is 0.424. The van der Waals surface area contributed by atoms with Gasteiger partial charge in [0.2, 0.25) is 5.91 Å². The zero-order chi connectivity index (χ0) is 30.4. The first-order valence-corrected chi connectivity index (χ1v) is 14.5. The van der Waals surface area contributed by atoms with Gasteiger partial charge in [-0.25, -0.2) is 9.80 Å². The van der Waals surface area contributed by atoms with Gasteiger partial charge < -0.3 is 19.9 Å². The number of ether oxygens (including phenoxy) is 1. The van der Waals surface area contributed by atoms with Crippen LogP contribution in [0.2, 0.25) is 0 Å². The highest BCUT2D eigenvalue weighted by molar-refractivity contribution is 5.97. The number of hydrogen-bond donors (Lipinski definition) is 1. The average Bonchev–Trinajstić information content (AvgIpc) is 3.37. The SMILES string of the molecule is CC(C)N(CCNC(=O)CN(CC(=O)N(C)N1Cc2ccccc2C1)c1cccc2ccccc12)C(=O)OC(C)(C)C. The van der Waals surface area contributed by atoms with Gasteiger partial charge in [0, 0.05) is 50.3 Å². The molecule has 1 aliphatic heterocycles. The van der Waals surface area contributed by atoms with Crippen LogP contribution in [0, 0.1) is 0 Å².